The third-order valence-electron chi connectivity index (χ3n) is 4.72. The van der Waals surface area contributed by atoms with Gasteiger partial charge in [0.2, 0.25) is 0 Å². The standard InChI is InChI=1S/C18H24ClN3O/c19-16-6-3-7-17(14-16)21-10-12-22(13-11-21)18(23)20-9-8-15-4-1-2-5-15/h3,6-9,14-15H,1-2,4-5,10-13H2,(H,20,23)/b9-8+. The lowest BCUT2D eigenvalue weighted by Gasteiger charge is -2.35. The Kier molecular flexibility index (Phi) is 5.44. The molecule has 2 fully saturated rings. The van der Waals surface area contributed by atoms with Crippen LogP contribution in [0.15, 0.2) is 36.5 Å². The van der Waals surface area contributed by atoms with Gasteiger partial charge in [0.15, 0.2) is 0 Å². The van der Waals surface area contributed by atoms with Gasteiger partial charge < -0.3 is 15.1 Å². The van der Waals surface area contributed by atoms with Crippen molar-refractivity contribution in [1.82, 2.24) is 10.2 Å². The van der Waals surface area contributed by atoms with Crippen molar-refractivity contribution >= 4 is 23.3 Å². The first-order chi connectivity index (χ1) is 11.2. The van der Waals surface area contributed by atoms with Crippen molar-refractivity contribution in [2.45, 2.75) is 25.7 Å². The van der Waals surface area contributed by atoms with E-state index in [1.165, 1.54) is 25.7 Å². The molecule has 3 rings (SSSR count). The van der Waals surface area contributed by atoms with Crippen LogP contribution in [0.5, 0.6) is 0 Å². The molecule has 4 nitrogen and oxygen atoms in total. The largest absolute Gasteiger partial charge is 0.368 e. The second kappa shape index (κ2) is 7.73. The molecule has 0 bridgehead atoms. The first kappa shape index (κ1) is 16.2. The Balaban J connectivity index is 1.45. The van der Waals surface area contributed by atoms with Gasteiger partial charge in [-0.25, -0.2) is 4.79 Å². The van der Waals surface area contributed by atoms with Crippen LogP contribution in [0.2, 0.25) is 5.02 Å². The zero-order chi connectivity index (χ0) is 16.1. The van der Waals surface area contributed by atoms with E-state index >= 15 is 0 Å². The number of urea groups is 1. The van der Waals surface area contributed by atoms with Crippen molar-refractivity contribution in [2.75, 3.05) is 31.1 Å². The summed E-state index contributed by atoms with van der Waals surface area (Å²) in [5, 5.41) is 3.66. The molecular weight excluding hydrogens is 310 g/mol. The number of amides is 2. The average molecular weight is 334 g/mol. The van der Waals surface area contributed by atoms with Gasteiger partial charge in [-0.05, 0) is 37.0 Å². The highest BCUT2D eigenvalue weighted by molar-refractivity contribution is 6.30. The second-order valence-electron chi connectivity index (χ2n) is 6.31. The summed E-state index contributed by atoms with van der Waals surface area (Å²) in [6.07, 6.45) is 9.12. The Hall–Kier alpha value is -1.68. The van der Waals surface area contributed by atoms with Crippen molar-refractivity contribution in [2.24, 2.45) is 5.92 Å². The fourth-order valence-electron chi connectivity index (χ4n) is 3.34. The van der Waals surface area contributed by atoms with Crippen LogP contribution in [0, 0.1) is 5.92 Å². The summed E-state index contributed by atoms with van der Waals surface area (Å²) < 4.78 is 0. The number of piperazine rings is 1. The molecule has 5 heteroatoms. The van der Waals surface area contributed by atoms with Gasteiger partial charge in [-0.15, -0.1) is 0 Å². The van der Waals surface area contributed by atoms with Gasteiger partial charge >= 0.3 is 6.03 Å². The minimum Gasteiger partial charge on any atom is -0.368 e. The molecule has 1 aliphatic carbocycles. The molecule has 1 saturated heterocycles. The quantitative estimate of drug-likeness (QED) is 0.911. The third-order valence-corrected chi connectivity index (χ3v) is 4.95. The molecule has 0 aromatic heterocycles. The van der Waals surface area contributed by atoms with Gasteiger partial charge in [0, 0.05) is 43.1 Å². The van der Waals surface area contributed by atoms with E-state index in [-0.39, 0.29) is 6.03 Å². The van der Waals surface area contributed by atoms with Crippen molar-refractivity contribution in [3.8, 4) is 0 Å². The molecule has 0 spiro atoms. The molecular formula is C18H24ClN3O. The Morgan fingerprint density at radius 2 is 1.91 bits per heavy atom. The van der Waals surface area contributed by atoms with Crippen LogP contribution in [-0.2, 0) is 0 Å². The Bertz CT molecular complexity index is 561. The fourth-order valence-corrected chi connectivity index (χ4v) is 3.52. The number of rotatable bonds is 3. The van der Waals surface area contributed by atoms with Gasteiger partial charge in [0.1, 0.15) is 0 Å². The zero-order valence-electron chi connectivity index (χ0n) is 13.4. The Morgan fingerprint density at radius 3 is 2.61 bits per heavy atom. The molecule has 1 aromatic rings. The van der Waals surface area contributed by atoms with E-state index in [0.717, 1.165) is 36.9 Å². The maximum Gasteiger partial charge on any atom is 0.321 e. The minimum absolute atomic E-state index is 0.00462. The van der Waals surface area contributed by atoms with Crippen LogP contribution in [0.25, 0.3) is 0 Å². The first-order valence-electron chi connectivity index (χ1n) is 8.45. The van der Waals surface area contributed by atoms with E-state index in [1.54, 1.807) is 0 Å². The second-order valence-corrected chi connectivity index (χ2v) is 6.74. The van der Waals surface area contributed by atoms with Crippen molar-refractivity contribution < 1.29 is 4.79 Å². The number of carbonyl (C=O) groups is 1. The monoisotopic (exact) mass is 333 g/mol. The zero-order valence-corrected chi connectivity index (χ0v) is 14.1. The highest BCUT2D eigenvalue weighted by Gasteiger charge is 2.21. The molecule has 2 aliphatic rings. The van der Waals surface area contributed by atoms with E-state index in [0.29, 0.717) is 5.92 Å². The third kappa shape index (κ3) is 4.41. The predicted octanol–water partition coefficient (Wildman–Crippen LogP) is 3.88. The van der Waals surface area contributed by atoms with Crippen molar-refractivity contribution in [3.05, 3.63) is 41.6 Å². The summed E-state index contributed by atoms with van der Waals surface area (Å²) in [6, 6.07) is 7.88. The number of hydrogen-bond donors (Lipinski definition) is 1. The number of hydrogen-bond acceptors (Lipinski definition) is 2. The maximum absolute atomic E-state index is 12.2. The van der Waals surface area contributed by atoms with Crippen LogP contribution in [-0.4, -0.2) is 37.1 Å². The maximum atomic E-state index is 12.2. The normalized spacial score (nSPS) is 19.5. The van der Waals surface area contributed by atoms with Gasteiger partial charge in [-0.3, -0.25) is 0 Å². The van der Waals surface area contributed by atoms with Crippen LogP contribution < -0.4 is 10.2 Å². The van der Waals surface area contributed by atoms with Crippen LogP contribution >= 0.6 is 11.6 Å². The molecule has 1 saturated carbocycles. The van der Waals surface area contributed by atoms with Crippen LogP contribution in [0.4, 0.5) is 10.5 Å². The highest BCUT2D eigenvalue weighted by atomic mass is 35.5. The Morgan fingerprint density at radius 1 is 1.17 bits per heavy atom. The number of carbonyl (C=O) groups excluding carboxylic acids is 1. The lowest BCUT2D eigenvalue weighted by molar-refractivity contribution is 0.198. The molecule has 1 aromatic carbocycles. The van der Waals surface area contributed by atoms with Crippen LogP contribution in [0.1, 0.15) is 25.7 Å². The summed E-state index contributed by atoms with van der Waals surface area (Å²) in [5.74, 6) is 0.648. The van der Waals surface area contributed by atoms with Gasteiger partial charge in [-0.1, -0.05) is 36.6 Å². The summed E-state index contributed by atoms with van der Waals surface area (Å²) in [7, 11) is 0. The summed E-state index contributed by atoms with van der Waals surface area (Å²) >= 11 is 6.05. The molecule has 0 atom stereocenters. The topological polar surface area (TPSA) is 35.6 Å². The van der Waals surface area contributed by atoms with Crippen molar-refractivity contribution in [3.63, 3.8) is 0 Å². The van der Waals surface area contributed by atoms with Gasteiger partial charge in [0.05, 0.1) is 0 Å². The fraction of sp³-hybridized carbons (Fsp3) is 0.500. The molecule has 2 amide bonds. The molecule has 0 radical (unpaired) electrons. The molecule has 124 valence electrons. The van der Waals surface area contributed by atoms with E-state index in [4.69, 9.17) is 11.6 Å². The van der Waals surface area contributed by atoms with E-state index in [2.05, 4.69) is 22.4 Å². The molecule has 0 unspecified atom stereocenters. The van der Waals surface area contributed by atoms with Gasteiger partial charge in [0.25, 0.3) is 0 Å². The number of allylic oxidation sites excluding steroid dienone is 1. The van der Waals surface area contributed by atoms with E-state index in [9.17, 15) is 4.79 Å². The number of benzene rings is 1. The number of nitrogens with one attached hydrogen (secondary N) is 1. The predicted molar refractivity (Wildman–Crippen MR) is 94.9 cm³/mol. The molecule has 1 heterocycles. The number of nitrogens with zero attached hydrogens (tertiary/aromatic N) is 2. The highest BCUT2D eigenvalue weighted by Crippen LogP contribution is 2.25. The van der Waals surface area contributed by atoms with E-state index < -0.39 is 0 Å². The summed E-state index contributed by atoms with van der Waals surface area (Å²) in [5.41, 5.74) is 1.12. The molecule has 1 N–H and O–H groups in total. The first-order valence-corrected chi connectivity index (χ1v) is 8.83. The lowest BCUT2D eigenvalue weighted by atomic mass is 10.1. The Labute approximate surface area is 143 Å². The average Bonchev–Trinajstić information content (AvgIpc) is 3.08. The summed E-state index contributed by atoms with van der Waals surface area (Å²) in [4.78, 5) is 16.3. The summed E-state index contributed by atoms with van der Waals surface area (Å²) in [6.45, 7) is 3.13. The minimum atomic E-state index is 0.00462. The van der Waals surface area contributed by atoms with Crippen molar-refractivity contribution in [1.29, 1.82) is 0 Å². The number of halogens is 1. The smallest absolute Gasteiger partial charge is 0.321 e. The molecule has 23 heavy (non-hydrogen) atoms. The van der Waals surface area contributed by atoms with Crippen LogP contribution in [0.3, 0.4) is 0 Å². The number of anilines is 1. The van der Waals surface area contributed by atoms with Gasteiger partial charge in [-0.2, -0.15) is 0 Å². The lowest BCUT2D eigenvalue weighted by Crippen LogP contribution is -2.51. The van der Waals surface area contributed by atoms with E-state index in [1.807, 2.05) is 29.3 Å². The molecule has 1 aliphatic heterocycles. The SMILES string of the molecule is O=C(N/C=C/C1CCCC1)N1CCN(c2cccc(Cl)c2)CC1.